The zero-order valence-corrected chi connectivity index (χ0v) is 20.5. The van der Waals surface area contributed by atoms with E-state index in [9.17, 15) is 9.90 Å². The number of aryl methyl sites for hydroxylation is 1. The van der Waals surface area contributed by atoms with Gasteiger partial charge in [0.15, 0.2) is 5.65 Å². The maximum atomic E-state index is 14.0. The molecule has 0 unspecified atom stereocenters. The number of nitrogens with zero attached hydrogens (tertiary/aromatic N) is 5. The Balaban J connectivity index is 1.34. The molecule has 4 heterocycles. The van der Waals surface area contributed by atoms with Crippen molar-refractivity contribution < 1.29 is 9.90 Å². The smallest absolute Gasteiger partial charge is 0.255 e. The van der Waals surface area contributed by atoms with Crippen LogP contribution in [-0.2, 0) is 0 Å². The number of likely N-dealkylation sites (tertiary alicyclic amines) is 1. The first-order valence-corrected chi connectivity index (χ1v) is 12.8. The lowest BCUT2D eigenvalue weighted by molar-refractivity contribution is 0.0606. The number of carbonyl (C=O) groups excluding carboxylic acids is 1. The number of hydrogen-bond donors (Lipinski definition) is 1. The number of anilines is 1. The number of piperidine rings is 1. The maximum Gasteiger partial charge on any atom is 0.255 e. The van der Waals surface area contributed by atoms with Gasteiger partial charge in [-0.1, -0.05) is 48.5 Å². The van der Waals surface area contributed by atoms with Gasteiger partial charge in [0.2, 0.25) is 0 Å². The van der Waals surface area contributed by atoms with E-state index in [0.29, 0.717) is 13.1 Å². The van der Waals surface area contributed by atoms with Gasteiger partial charge in [-0.15, -0.1) is 0 Å². The summed E-state index contributed by atoms with van der Waals surface area (Å²) in [5.74, 6) is 0.950. The second-order valence-corrected chi connectivity index (χ2v) is 9.93. The minimum Gasteiger partial charge on any atom is -0.391 e. The molecule has 1 N–H and O–H groups in total. The fraction of sp³-hybridized carbons (Fsp3) is 0.345. The first-order valence-electron chi connectivity index (χ1n) is 12.8. The molecule has 2 aliphatic rings. The van der Waals surface area contributed by atoms with E-state index in [-0.39, 0.29) is 18.1 Å². The summed E-state index contributed by atoms with van der Waals surface area (Å²) in [4.78, 5) is 23.0. The zero-order chi connectivity index (χ0) is 24.6. The topological polar surface area (TPSA) is 74.0 Å². The Labute approximate surface area is 211 Å². The molecule has 0 aliphatic carbocycles. The van der Waals surface area contributed by atoms with Gasteiger partial charge in [0.1, 0.15) is 5.82 Å². The first-order chi connectivity index (χ1) is 17.6. The molecule has 1 amide bonds. The number of aromatic nitrogens is 3. The predicted molar refractivity (Wildman–Crippen MR) is 140 cm³/mol. The minimum absolute atomic E-state index is 0.0482. The molecular weight excluding hydrogens is 450 g/mol. The van der Waals surface area contributed by atoms with Crippen LogP contribution in [-0.4, -0.2) is 56.2 Å². The van der Waals surface area contributed by atoms with Gasteiger partial charge >= 0.3 is 0 Å². The highest BCUT2D eigenvalue weighted by Crippen LogP contribution is 2.34. The molecule has 7 heteroatoms. The van der Waals surface area contributed by atoms with Crippen molar-refractivity contribution in [2.45, 2.75) is 44.8 Å². The summed E-state index contributed by atoms with van der Waals surface area (Å²) in [6, 6.07) is 19.9. The number of β-amino-alcohol motifs (C(OH)–C–C–N with tert-alkyl or cyclic N) is 1. The van der Waals surface area contributed by atoms with Crippen molar-refractivity contribution >= 4 is 17.4 Å². The molecule has 0 saturated carbocycles. The Bertz CT molecular complexity index is 1400. The Morgan fingerprint density at radius 2 is 1.81 bits per heavy atom. The van der Waals surface area contributed by atoms with Gasteiger partial charge in [0.05, 0.1) is 17.8 Å². The molecule has 0 bridgehead atoms. The van der Waals surface area contributed by atoms with Crippen molar-refractivity contribution in [3.05, 3.63) is 83.7 Å². The number of aliphatic hydroxyl groups excluding tert-OH is 1. The predicted octanol–water partition coefficient (Wildman–Crippen LogP) is 4.64. The van der Waals surface area contributed by atoms with Crippen molar-refractivity contribution in [3.8, 4) is 11.1 Å². The molecule has 36 heavy (non-hydrogen) atoms. The fourth-order valence-corrected chi connectivity index (χ4v) is 5.61. The number of aliphatic hydroxyl groups is 1. The molecule has 0 radical (unpaired) electrons. The van der Waals surface area contributed by atoms with Gasteiger partial charge in [-0.3, -0.25) is 4.79 Å². The van der Waals surface area contributed by atoms with Gasteiger partial charge in [0.25, 0.3) is 5.91 Å². The minimum atomic E-state index is -0.302. The summed E-state index contributed by atoms with van der Waals surface area (Å²) in [7, 11) is 0. The Hall–Kier alpha value is -3.71. The van der Waals surface area contributed by atoms with E-state index in [1.165, 1.54) is 0 Å². The molecule has 7 nitrogen and oxygen atoms in total. The molecule has 2 aromatic carbocycles. The van der Waals surface area contributed by atoms with Crippen molar-refractivity contribution in [2.24, 2.45) is 0 Å². The second kappa shape index (κ2) is 9.39. The van der Waals surface area contributed by atoms with E-state index in [0.717, 1.165) is 71.6 Å². The molecule has 2 saturated heterocycles. The Morgan fingerprint density at radius 1 is 1.00 bits per heavy atom. The standard InChI is InChI=1S/C29H31N5O2/c1-20-18-34-27(30-28(20)32-16-14-22(35)19-32)17-25(31-34)26-13-7-8-15-33(26)29(36)24-12-6-5-11-23(24)21-9-3-2-4-10-21/h2-6,9-12,17-18,22,26,35H,7-8,13-16,19H2,1H3/t22-,26+/m1/s1. The zero-order valence-electron chi connectivity index (χ0n) is 20.5. The number of amides is 1. The Morgan fingerprint density at radius 3 is 2.61 bits per heavy atom. The van der Waals surface area contributed by atoms with Crippen molar-refractivity contribution in [2.75, 3.05) is 24.5 Å². The molecule has 2 aliphatic heterocycles. The third-order valence-electron chi connectivity index (χ3n) is 7.43. The summed E-state index contributed by atoms with van der Waals surface area (Å²) in [6.45, 7) is 4.16. The highest BCUT2D eigenvalue weighted by atomic mass is 16.3. The molecule has 2 fully saturated rings. The quantitative estimate of drug-likeness (QED) is 0.460. The fourth-order valence-electron chi connectivity index (χ4n) is 5.61. The third-order valence-corrected chi connectivity index (χ3v) is 7.43. The van der Waals surface area contributed by atoms with E-state index >= 15 is 0 Å². The molecule has 0 spiro atoms. The van der Waals surface area contributed by atoms with E-state index in [4.69, 9.17) is 10.1 Å². The summed E-state index contributed by atoms with van der Waals surface area (Å²) in [5, 5.41) is 14.9. The Kier molecular flexibility index (Phi) is 5.93. The summed E-state index contributed by atoms with van der Waals surface area (Å²) >= 11 is 0. The molecule has 2 atom stereocenters. The van der Waals surface area contributed by atoms with Gasteiger partial charge in [-0.25, -0.2) is 9.50 Å². The monoisotopic (exact) mass is 481 g/mol. The van der Waals surface area contributed by atoms with Crippen LogP contribution in [0.5, 0.6) is 0 Å². The van der Waals surface area contributed by atoms with Crippen LogP contribution in [0.25, 0.3) is 16.8 Å². The summed E-state index contributed by atoms with van der Waals surface area (Å²) in [6.07, 6.45) is 5.40. The SMILES string of the molecule is Cc1cn2nc([C@@H]3CCCCN3C(=O)c3ccccc3-c3ccccc3)cc2nc1N1CC[C@@H](O)C1. The van der Waals surface area contributed by atoms with Crippen LogP contribution in [0.2, 0.25) is 0 Å². The van der Waals surface area contributed by atoms with Gasteiger partial charge in [-0.05, 0) is 49.8 Å². The van der Waals surface area contributed by atoms with Gasteiger partial charge in [-0.2, -0.15) is 5.10 Å². The number of hydrogen-bond acceptors (Lipinski definition) is 5. The van der Waals surface area contributed by atoms with Crippen LogP contribution in [0.15, 0.2) is 66.9 Å². The van der Waals surface area contributed by atoms with Crippen LogP contribution < -0.4 is 4.90 Å². The number of carbonyl (C=O) groups is 1. The lowest BCUT2D eigenvalue weighted by Gasteiger charge is -2.35. The summed E-state index contributed by atoms with van der Waals surface area (Å²) in [5.41, 5.74) is 5.40. The highest BCUT2D eigenvalue weighted by Gasteiger charge is 2.32. The van der Waals surface area contributed by atoms with E-state index in [1.54, 1.807) is 0 Å². The van der Waals surface area contributed by atoms with Crippen LogP contribution in [0, 0.1) is 6.92 Å². The van der Waals surface area contributed by atoms with Crippen LogP contribution >= 0.6 is 0 Å². The summed E-state index contributed by atoms with van der Waals surface area (Å²) < 4.78 is 1.83. The largest absolute Gasteiger partial charge is 0.391 e. The molecule has 4 aromatic rings. The lowest BCUT2D eigenvalue weighted by Crippen LogP contribution is -2.39. The molecule has 2 aromatic heterocycles. The molecule has 6 rings (SSSR count). The van der Waals surface area contributed by atoms with Crippen molar-refractivity contribution in [1.82, 2.24) is 19.5 Å². The lowest BCUT2D eigenvalue weighted by atomic mass is 9.95. The molecular formula is C29H31N5O2. The van der Waals surface area contributed by atoms with Gasteiger partial charge in [0, 0.05) is 43.0 Å². The van der Waals surface area contributed by atoms with Crippen LogP contribution in [0.4, 0.5) is 5.82 Å². The normalized spacial score (nSPS) is 20.3. The van der Waals surface area contributed by atoms with E-state index < -0.39 is 0 Å². The van der Waals surface area contributed by atoms with Crippen LogP contribution in [0.1, 0.15) is 53.3 Å². The second-order valence-electron chi connectivity index (χ2n) is 9.93. The highest BCUT2D eigenvalue weighted by molar-refractivity contribution is 6.01. The van der Waals surface area contributed by atoms with Crippen LogP contribution in [0.3, 0.4) is 0 Å². The number of benzene rings is 2. The third kappa shape index (κ3) is 4.13. The number of fused-ring (bicyclic) bond motifs is 1. The maximum absolute atomic E-state index is 14.0. The first kappa shape index (κ1) is 22.7. The van der Waals surface area contributed by atoms with Crippen molar-refractivity contribution in [1.29, 1.82) is 0 Å². The number of rotatable bonds is 4. The average molecular weight is 482 g/mol. The van der Waals surface area contributed by atoms with E-state index in [1.807, 2.05) is 83.2 Å². The molecule has 184 valence electrons. The van der Waals surface area contributed by atoms with E-state index in [2.05, 4.69) is 4.90 Å². The van der Waals surface area contributed by atoms with Gasteiger partial charge < -0.3 is 14.9 Å². The van der Waals surface area contributed by atoms with Crippen molar-refractivity contribution in [3.63, 3.8) is 0 Å². The average Bonchev–Trinajstić information content (AvgIpc) is 3.54.